The number of nitrogens with zero attached hydrogens (tertiary/aromatic N) is 1. The molecule has 4 nitrogen and oxygen atoms in total. The maximum atomic E-state index is 8.85. The van der Waals surface area contributed by atoms with Gasteiger partial charge in [0.05, 0.1) is 13.2 Å². The minimum Gasteiger partial charge on any atom is -0.396 e. The van der Waals surface area contributed by atoms with Crippen LogP contribution in [0.25, 0.3) is 0 Å². The van der Waals surface area contributed by atoms with E-state index in [1.54, 1.807) is 0 Å². The van der Waals surface area contributed by atoms with E-state index in [0.29, 0.717) is 6.42 Å². The van der Waals surface area contributed by atoms with E-state index in [1.807, 2.05) is 12.1 Å². The van der Waals surface area contributed by atoms with Crippen molar-refractivity contribution in [3.8, 4) is 0 Å². The Morgan fingerprint density at radius 2 is 1.83 bits per heavy atom. The molecule has 1 atom stereocenters. The van der Waals surface area contributed by atoms with Crippen LogP contribution in [0.5, 0.6) is 0 Å². The van der Waals surface area contributed by atoms with Crippen LogP contribution in [0.15, 0.2) is 24.3 Å². The summed E-state index contributed by atoms with van der Waals surface area (Å²) in [6.45, 7) is 3.62. The number of rotatable bonds is 4. The monoisotopic (exact) mass is 272 g/mol. The van der Waals surface area contributed by atoms with Crippen molar-refractivity contribution in [2.75, 3.05) is 37.8 Å². The summed E-state index contributed by atoms with van der Waals surface area (Å²) in [7, 11) is 0. The standard InChI is InChI=1S/C13H20N2O2.ClH/c14-13(5-8-16)11-1-3-12(4-2-11)15-6-9-17-10-7-15;/h1-4,13,16H,5-10,14H2;1H. The second kappa shape index (κ2) is 7.59. The summed E-state index contributed by atoms with van der Waals surface area (Å²) in [5.74, 6) is 0. The summed E-state index contributed by atoms with van der Waals surface area (Å²) in [4.78, 5) is 2.31. The van der Waals surface area contributed by atoms with Gasteiger partial charge in [-0.2, -0.15) is 0 Å². The van der Waals surface area contributed by atoms with E-state index < -0.39 is 0 Å². The van der Waals surface area contributed by atoms with Crippen LogP contribution in [0, 0.1) is 0 Å². The van der Waals surface area contributed by atoms with Crippen LogP contribution in [0.1, 0.15) is 18.0 Å². The average Bonchev–Trinajstić information content (AvgIpc) is 2.40. The van der Waals surface area contributed by atoms with Crippen molar-refractivity contribution in [3.63, 3.8) is 0 Å². The molecule has 1 fully saturated rings. The van der Waals surface area contributed by atoms with Crippen LogP contribution in [0.2, 0.25) is 0 Å². The van der Waals surface area contributed by atoms with Crippen molar-refractivity contribution in [1.29, 1.82) is 0 Å². The number of hydrogen-bond donors (Lipinski definition) is 2. The van der Waals surface area contributed by atoms with Crippen molar-refractivity contribution in [3.05, 3.63) is 29.8 Å². The fourth-order valence-corrected chi connectivity index (χ4v) is 2.06. The lowest BCUT2D eigenvalue weighted by molar-refractivity contribution is 0.122. The lowest BCUT2D eigenvalue weighted by Crippen LogP contribution is -2.36. The summed E-state index contributed by atoms with van der Waals surface area (Å²) in [6, 6.07) is 8.21. The lowest BCUT2D eigenvalue weighted by atomic mass is 10.0. The van der Waals surface area contributed by atoms with Gasteiger partial charge >= 0.3 is 0 Å². The normalized spacial score (nSPS) is 17.1. The third-order valence-electron chi connectivity index (χ3n) is 3.14. The predicted octanol–water partition coefficient (Wildman–Crippen LogP) is 1.33. The summed E-state index contributed by atoms with van der Waals surface area (Å²) >= 11 is 0. The van der Waals surface area contributed by atoms with Crippen LogP contribution in [-0.4, -0.2) is 38.0 Å². The molecule has 0 radical (unpaired) electrons. The molecule has 1 heterocycles. The number of hydrogen-bond acceptors (Lipinski definition) is 4. The number of morpholine rings is 1. The summed E-state index contributed by atoms with van der Waals surface area (Å²) in [5, 5.41) is 8.85. The van der Waals surface area contributed by atoms with Gasteiger partial charge in [0.15, 0.2) is 0 Å². The average molecular weight is 273 g/mol. The highest BCUT2D eigenvalue weighted by atomic mass is 35.5. The van der Waals surface area contributed by atoms with Gasteiger partial charge in [-0.15, -0.1) is 12.4 Å². The number of halogens is 1. The van der Waals surface area contributed by atoms with Gasteiger partial charge in [0.2, 0.25) is 0 Å². The molecule has 3 N–H and O–H groups in total. The first-order valence-electron chi connectivity index (χ1n) is 6.10. The highest BCUT2D eigenvalue weighted by molar-refractivity contribution is 5.85. The van der Waals surface area contributed by atoms with E-state index in [0.717, 1.165) is 31.9 Å². The van der Waals surface area contributed by atoms with Crippen LogP contribution in [-0.2, 0) is 4.74 Å². The highest BCUT2D eigenvalue weighted by Gasteiger charge is 2.11. The quantitative estimate of drug-likeness (QED) is 0.868. The molecule has 0 aliphatic carbocycles. The number of anilines is 1. The minimum absolute atomic E-state index is 0. The Hall–Kier alpha value is -0.810. The van der Waals surface area contributed by atoms with Crippen molar-refractivity contribution in [2.24, 2.45) is 5.73 Å². The third kappa shape index (κ3) is 3.85. The molecule has 0 saturated carbocycles. The van der Waals surface area contributed by atoms with Gasteiger partial charge in [0, 0.05) is 31.4 Å². The molecule has 0 bridgehead atoms. The second-order valence-corrected chi connectivity index (χ2v) is 4.31. The fraction of sp³-hybridized carbons (Fsp3) is 0.538. The minimum atomic E-state index is -0.0706. The molecular weight excluding hydrogens is 252 g/mol. The Bertz CT molecular complexity index is 339. The first kappa shape index (κ1) is 15.2. The molecule has 1 unspecified atom stereocenters. The SMILES string of the molecule is Cl.NC(CCO)c1ccc(N2CCOCC2)cc1. The second-order valence-electron chi connectivity index (χ2n) is 4.31. The van der Waals surface area contributed by atoms with Gasteiger partial charge in [-0.25, -0.2) is 0 Å². The Morgan fingerprint density at radius 1 is 1.22 bits per heavy atom. The zero-order valence-corrected chi connectivity index (χ0v) is 11.2. The van der Waals surface area contributed by atoms with Gasteiger partial charge in [0.25, 0.3) is 0 Å². The molecule has 18 heavy (non-hydrogen) atoms. The molecule has 5 heteroatoms. The Morgan fingerprint density at radius 3 is 2.39 bits per heavy atom. The van der Waals surface area contributed by atoms with Gasteiger partial charge in [-0.3, -0.25) is 0 Å². The molecule has 1 aromatic carbocycles. The van der Waals surface area contributed by atoms with Crippen LogP contribution >= 0.6 is 12.4 Å². The van der Waals surface area contributed by atoms with Gasteiger partial charge in [0.1, 0.15) is 0 Å². The molecule has 0 amide bonds. The Kier molecular flexibility index (Phi) is 6.43. The number of nitrogens with two attached hydrogens (primary N) is 1. The number of ether oxygens (including phenoxy) is 1. The van der Waals surface area contributed by atoms with E-state index in [-0.39, 0.29) is 25.1 Å². The smallest absolute Gasteiger partial charge is 0.0642 e. The zero-order chi connectivity index (χ0) is 12.1. The number of aliphatic hydroxyl groups excluding tert-OH is 1. The Balaban J connectivity index is 0.00000162. The van der Waals surface area contributed by atoms with Gasteiger partial charge < -0.3 is 20.5 Å². The first-order valence-corrected chi connectivity index (χ1v) is 6.10. The molecule has 0 spiro atoms. The maximum absolute atomic E-state index is 8.85. The molecule has 1 aliphatic rings. The predicted molar refractivity (Wildman–Crippen MR) is 75.4 cm³/mol. The highest BCUT2D eigenvalue weighted by Crippen LogP contribution is 2.20. The van der Waals surface area contributed by atoms with Crippen molar-refractivity contribution < 1.29 is 9.84 Å². The first-order chi connectivity index (χ1) is 8.31. The molecule has 1 aromatic rings. The fourth-order valence-electron chi connectivity index (χ4n) is 2.06. The molecule has 2 rings (SSSR count). The summed E-state index contributed by atoms with van der Waals surface area (Å²) in [6.07, 6.45) is 0.608. The van der Waals surface area contributed by atoms with Crippen molar-refractivity contribution in [1.82, 2.24) is 0 Å². The topological polar surface area (TPSA) is 58.7 Å². The van der Waals surface area contributed by atoms with Gasteiger partial charge in [-0.05, 0) is 24.1 Å². The van der Waals surface area contributed by atoms with E-state index in [4.69, 9.17) is 15.6 Å². The van der Waals surface area contributed by atoms with Gasteiger partial charge in [-0.1, -0.05) is 12.1 Å². The molecule has 1 aliphatic heterocycles. The number of benzene rings is 1. The number of aliphatic hydroxyl groups is 1. The van der Waals surface area contributed by atoms with Crippen LogP contribution < -0.4 is 10.6 Å². The van der Waals surface area contributed by atoms with Crippen LogP contribution in [0.4, 0.5) is 5.69 Å². The van der Waals surface area contributed by atoms with E-state index in [1.165, 1.54) is 5.69 Å². The molecule has 1 saturated heterocycles. The third-order valence-corrected chi connectivity index (χ3v) is 3.14. The van der Waals surface area contributed by atoms with E-state index >= 15 is 0 Å². The largest absolute Gasteiger partial charge is 0.396 e. The molecule has 0 aromatic heterocycles. The Labute approximate surface area is 114 Å². The van der Waals surface area contributed by atoms with E-state index in [9.17, 15) is 0 Å². The van der Waals surface area contributed by atoms with Crippen molar-refractivity contribution in [2.45, 2.75) is 12.5 Å². The van der Waals surface area contributed by atoms with Crippen molar-refractivity contribution >= 4 is 18.1 Å². The molecular formula is C13H21ClN2O2. The summed E-state index contributed by atoms with van der Waals surface area (Å²) in [5.41, 5.74) is 8.24. The molecule has 102 valence electrons. The van der Waals surface area contributed by atoms with Crippen LogP contribution in [0.3, 0.4) is 0 Å². The zero-order valence-electron chi connectivity index (χ0n) is 10.4. The lowest BCUT2D eigenvalue weighted by Gasteiger charge is -2.29. The summed E-state index contributed by atoms with van der Waals surface area (Å²) < 4.78 is 5.33. The van der Waals surface area contributed by atoms with E-state index in [2.05, 4.69) is 17.0 Å². The maximum Gasteiger partial charge on any atom is 0.0642 e.